The van der Waals surface area contributed by atoms with Gasteiger partial charge in [-0.25, -0.2) is 0 Å². The van der Waals surface area contributed by atoms with E-state index in [-0.39, 0.29) is 11.7 Å². The summed E-state index contributed by atoms with van der Waals surface area (Å²) >= 11 is 6.01. The zero-order valence-electron chi connectivity index (χ0n) is 12.5. The van der Waals surface area contributed by atoms with Gasteiger partial charge in [0.15, 0.2) is 0 Å². The molecule has 0 radical (unpaired) electrons. The smallest absolute Gasteiger partial charge is 0.237 e. The van der Waals surface area contributed by atoms with Gasteiger partial charge in [-0.1, -0.05) is 41.9 Å². The van der Waals surface area contributed by atoms with Gasteiger partial charge in [-0.05, 0) is 18.2 Å². The zero-order chi connectivity index (χ0) is 16.4. The lowest BCUT2D eigenvalue weighted by atomic mass is 10.2. The van der Waals surface area contributed by atoms with Gasteiger partial charge in [0, 0.05) is 24.1 Å². The maximum absolute atomic E-state index is 12.6. The summed E-state index contributed by atoms with van der Waals surface area (Å²) in [5, 5.41) is 4.05. The summed E-state index contributed by atoms with van der Waals surface area (Å²) in [6.07, 6.45) is 1.81. The van der Waals surface area contributed by atoms with Gasteiger partial charge in [0.05, 0.1) is 26.4 Å². The number of aryl methyl sites for hydroxylation is 1. The number of rotatable bonds is 4. The van der Waals surface area contributed by atoms with Crippen LogP contribution in [0, 0.1) is 0 Å². The van der Waals surface area contributed by atoms with E-state index in [1.54, 1.807) is 24.3 Å². The van der Waals surface area contributed by atoms with Crippen LogP contribution in [0.1, 0.15) is 0 Å². The first-order chi connectivity index (χ1) is 11.1. The average molecular weight is 347 g/mol. The molecule has 118 valence electrons. The van der Waals surface area contributed by atoms with Gasteiger partial charge in [0.1, 0.15) is 5.75 Å². The van der Waals surface area contributed by atoms with Gasteiger partial charge in [0.25, 0.3) is 0 Å². The Labute approximate surface area is 141 Å². The molecule has 0 aliphatic carbocycles. The Balaban J connectivity index is 1.78. The van der Waals surface area contributed by atoms with Crippen LogP contribution in [0.2, 0.25) is 5.02 Å². The lowest BCUT2D eigenvalue weighted by Crippen LogP contribution is -2.19. The van der Waals surface area contributed by atoms with Gasteiger partial charge in [-0.15, -0.1) is 0 Å². The molecule has 2 aromatic carbocycles. The number of halogens is 1. The van der Waals surface area contributed by atoms with Crippen LogP contribution >= 0.6 is 11.6 Å². The SMILES string of the molecule is Cn1cc(S(=O)CC(=O)Nc2ccccc2Cl)c2ccccc21. The van der Waals surface area contributed by atoms with E-state index in [0.29, 0.717) is 15.6 Å². The molecule has 4 nitrogen and oxygen atoms in total. The minimum absolute atomic E-state index is 0.112. The van der Waals surface area contributed by atoms with Crippen LogP contribution in [0.3, 0.4) is 0 Å². The molecule has 0 saturated heterocycles. The maximum Gasteiger partial charge on any atom is 0.237 e. The highest BCUT2D eigenvalue weighted by Gasteiger charge is 2.16. The monoisotopic (exact) mass is 346 g/mol. The van der Waals surface area contributed by atoms with Crippen molar-refractivity contribution in [2.75, 3.05) is 11.1 Å². The molecule has 1 atom stereocenters. The van der Waals surface area contributed by atoms with Crippen molar-refractivity contribution in [1.82, 2.24) is 4.57 Å². The van der Waals surface area contributed by atoms with Crippen LogP contribution in [0.5, 0.6) is 0 Å². The predicted molar refractivity (Wildman–Crippen MR) is 94.3 cm³/mol. The molecule has 3 aromatic rings. The van der Waals surface area contributed by atoms with Crippen LogP contribution in [0.4, 0.5) is 5.69 Å². The van der Waals surface area contributed by atoms with Crippen molar-refractivity contribution in [1.29, 1.82) is 0 Å². The van der Waals surface area contributed by atoms with Gasteiger partial charge in [0.2, 0.25) is 5.91 Å². The molecule has 1 unspecified atom stereocenters. The van der Waals surface area contributed by atoms with E-state index in [0.717, 1.165) is 10.9 Å². The number of carbonyl (C=O) groups excluding carboxylic acids is 1. The van der Waals surface area contributed by atoms with Gasteiger partial charge < -0.3 is 9.88 Å². The van der Waals surface area contributed by atoms with Crippen molar-refractivity contribution in [3.8, 4) is 0 Å². The number of anilines is 1. The van der Waals surface area contributed by atoms with E-state index in [9.17, 15) is 9.00 Å². The van der Waals surface area contributed by atoms with E-state index in [2.05, 4.69) is 5.32 Å². The molecule has 0 aliphatic rings. The first kappa shape index (κ1) is 15.8. The van der Waals surface area contributed by atoms with Crippen molar-refractivity contribution in [2.24, 2.45) is 7.05 Å². The number of aromatic nitrogens is 1. The van der Waals surface area contributed by atoms with Crippen LogP contribution in [0.15, 0.2) is 59.6 Å². The first-order valence-corrected chi connectivity index (χ1v) is 8.73. The Morgan fingerprint density at radius 1 is 1.17 bits per heavy atom. The van der Waals surface area contributed by atoms with E-state index in [4.69, 9.17) is 11.6 Å². The van der Waals surface area contributed by atoms with Crippen LogP contribution in [-0.2, 0) is 22.6 Å². The maximum atomic E-state index is 12.6. The zero-order valence-corrected chi connectivity index (χ0v) is 14.0. The molecule has 3 rings (SSSR count). The van der Waals surface area contributed by atoms with Gasteiger partial charge >= 0.3 is 0 Å². The Morgan fingerprint density at radius 2 is 1.87 bits per heavy atom. The topological polar surface area (TPSA) is 51.1 Å². The fourth-order valence-electron chi connectivity index (χ4n) is 2.43. The lowest BCUT2D eigenvalue weighted by Gasteiger charge is -2.06. The molecule has 0 bridgehead atoms. The molecule has 0 fully saturated rings. The van der Waals surface area contributed by atoms with Crippen molar-refractivity contribution >= 4 is 44.9 Å². The van der Waals surface area contributed by atoms with Crippen molar-refractivity contribution < 1.29 is 9.00 Å². The number of hydrogen-bond acceptors (Lipinski definition) is 2. The predicted octanol–water partition coefficient (Wildman–Crippen LogP) is 3.58. The summed E-state index contributed by atoms with van der Waals surface area (Å²) in [7, 11) is 0.472. The summed E-state index contributed by atoms with van der Waals surface area (Å²) in [6.45, 7) is 0. The van der Waals surface area contributed by atoms with E-state index in [1.165, 1.54) is 0 Å². The fourth-order valence-corrected chi connectivity index (χ4v) is 3.77. The van der Waals surface area contributed by atoms with Gasteiger partial charge in [-0.3, -0.25) is 9.00 Å². The minimum atomic E-state index is -1.42. The Morgan fingerprint density at radius 3 is 2.65 bits per heavy atom. The third kappa shape index (κ3) is 3.30. The second-order valence-corrected chi connectivity index (χ2v) is 6.97. The first-order valence-electron chi connectivity index (χ1n) is 7.03. The molecule has 6 heteroatoms. The van der Waals surface area contributed by atoms with Gasteiger partial charge in [-0.2, -0.15) is 0 Å². The summed E-state index contributed by atoms with van der Waals surface area (Å²) < 4.78 is 14.5. The molecular formula is C17H15ClN2O2S. The minimum Gasteiger partial charge on any atom is -0.349 e. The molecule has 1 heterocycles. The number of amides is 1. The van der Waals surface area contributed by atoms with Crippen LogP contribution in [0.25, 0.3) is 10.9 Å². The third-order valence-electron chi connectivity index (χ3n) is 3.52. The second-order valence-electron chi connectivity index (χ2n) is 5.14. The fraction of sp³-hybridized carbons (Fsp3) is 0.118. The summed E-state index contributed by atoms with van der Waals surface area (Å²) in [6, 6.07) is 14.7. The number of hydrogen-bond donors (Lipinski definition) is 1. The number of para-hydroxylation sites is 2. The molecule has 0 spiro atoms. The Hall–Kier alpha value is -2.11. The quantitative estimate of drug-likeness (QED) is 0.785. The normalized spacial score (nSPS) is 12.3. The Kier molecular flexibility index (Phi) is 4.50. The van der Waals surface area contributed by atoms with Crippen LogP contribution in [-0.4, -0.2) is 20.4 Å². The molecule has 0 aliphatic heterocycles. The van der Waals surface area contributed by atoms with E-state index in [1.807, 2.05) is 42.1 Å². The second kappa shape index (κ2) is 6.56. The molecular weight excluding hydrogens is 332 g/mol. The standard InChI is InChI=1S/C17H15ClN2O2S/c1-20-10-16(12-6-2-5-9-15(12)20)23(22)11-17(21)19-14-8-4-3-7-13(14)18/h2-10H,11H2,1H3,(H,19,21). The van der Waals surface area contributed by atoms with Crippen molar-refractivity contribution in [3.05, 3.63) is 59.8 Å². The number of fused-ring (bicyclic) bond motifs is 1. The van der Waals surface area contributed by atoms with E-state index < -0.39 is 10.8 Å². The van der Waals surface area contributed by atoms with E-state index >= 15 is 0 Å². The molecule has 1 amide bonds. The molecule has 23 heavy (non-hydrogen) atoms. The highest BCUT2D eigenvalue weighted by Crippen LogP contribution is 2.24. The van der Waals surface area contributed by atoms with Crippen molar-refractivity contribution in [2.45, 2.75) is 4.90 Å². The highest BCUT2D eigenvalue weighted by atomic mass is 35.5. The van der Waals surface area contributed by atoms with Crippen LogP contribution < -0.4 is 5.32 Å². The third-order valence-corrected chi connectivity index (χ3v) is 5.19. The molecule has 1 N–H and O–H groups in total. The van der Waals surface area contributed by atoms with Crippen molar-refractivity contribution in [3.63, 3.8) is 0 Å². The number of benzene rings is 2. The molecule has 0 saturated carbocycles. The highest BCUT2D eigenvalue weighted by molar-refractivity contribution is 7.86. The molecule has 1 aromatic heterocycles. The number of carbonyl (C=O) groups is 1. The Bertz CT molecular complexity index is 904. The summed E-state index contributed by atoms with van der Waals surface area (Å²) in [5.41, 5.74) is 1.51. The lowest BCUT2D eigenvalue weighted by molar-refractivity contribution is -0.113. The largest absolute Gasteiger partial charge is 0.349 e. The number of nitrogens with zero attached hydrogens (tertiary/aromatic N) is 1. The number of nitrogens with one attached hydrogen (secondary N) is 1. The summed E-state index contributed by atoms with van der Waals surface area (Å²) in [5.74, 6) is -0.441. The summed E-state index contributed by atoms with van der Waals surface area (Å²) in [4.78, 5) is 12.8. The average Bonchev–Trinajstić information content (AvgIpc) is 2.87.